The number of anilines is 1. The summed E-state index contributed by atoms with van der Waals surface area (Å²) in [5, 5.41) is 15.1. The van der Waals surface area contributed by atoms with Crippen molar-refractivity contribution in [2.75, 3.05) is 5.32 Å². The number of rotatable bonds is 4. The minimum Gasteiger partial charge on any atom is -0.389 e. The van der Waals surface area contributed by atoms with E-state index in [4.69, 9.17) is 0 Å². The molecule has 0 aliphatic heterocycles. The average Bonchev–Trinajstić information content (AvgIpc) is 2.72. The van der Waals surface area contributed by atoms with Gasteiger partial charge < -0.3 is 10.4 Å². The summed E-state index contributed by atoms with van der Waals surface area (Å²) in [5.41, 5.74) is 1.92. The third-order valence-electron chi connectivity index (χ3n) is 2.54. The Balaban J connectivity index is 2.11. The summed E-state index contributed by atoms with van der Waals surface area (Å²) < 4.78 is 1.13. The van der Waals surface area contributed by atoms with Gasteiger partial charge in [0, 0.05) is 20.6 Å². The molecule has 1 heterocycles. The number of hydrogen-bond donors (Lipinski definition) is 2. The number of para-hydroxylation sites is 1. The molecule has 0 radical (unpaired) electrons. The van der Waals surface area contributed by atoms with Gasteiger partial charge in [-0.1, -0.05) is 18.2 Å². The van der Waals surface area contributed by atoms with Crippen LogP contribution in [0.2, 0.25) is 0 Å². The molecule has 2 aromatic rings. The summed E-state index contributed by atoms with van der Waals surface area (Å²) in [5.74, 6) is 0. The largest absolute Gasteiger partial charge is 0.389 e. The highest BCUT2D eigenvalue weighted by molar-refractivity contribution is 9.10. The maximum atomic E-state index is 9.67. The number of aliphatic hydroxyl groups excluding tert-OH is 1. The average molecular weight is 312 g/mol. The van der Waals surface area contributed by atoms with Gasteiger partial charge in [-0.25, -0.2) is 0 Å². The van der Waals surface area contributed by atoms with Crippen LogP contribution in [0.25, 0.3) is 0 Å². The van der Waals surface area contributed by atoms with E-state index in [2.05, 4.69) is 26.6 Å². The molecule has 1 aromatic heterocycles. The van der Waals surface area contributed by atoms with Crippen molar-refractivity contribution in [1.82, 2.24) is 0 Å². The molecule has 0 saturated carbocycles. The van der Waals surface area contributed by atoms with Gasteiger partial charge in [-0.05, 0) is 40.4 Å². The molecule has 90 valence electrons. The summed E-state index contributed by atoms with van der Waals surface area (Å²) >= 11 is 5.22. The second-order valence-electron chi connectivity index (χ2n) is 3.81. The predicted octanol–water partition coefficient (Wildman–Crippen LogP) is 4.18. The van der Waals surface area contributed by atoms with Crippen molar-refractivity contribution in [3.63, 3.8) is 0 Å². The SMILES string of the molecule is CC(O)c1ccccc1NCc1sccc1Br. The normalized spacial score (nSPS) is 12.4. The molecular formula is C13H14BrNOS. The van der Waals surface area contributed by atoms with Gasteiger partial charge in [-0.2, -0.15) is 0 Å². The fourth-order valence-electron chi connectivity index (χ4n) is 1.65. The molecule has 2 nitrogen and oxygen atoms in total. The first-order valence-electron chi connectivity index (χ1n) is 5.41. The fourth-order valence-corrected chi connectivity index (χ4v) is 3.08. The first-order valence-corrected chi connectivity index (χ1v) is 7.08. The molecule has 0 saturated heterocycles. The Morgan fingerprint density at radius 3 is 2.76 bits per heavy atom. The van der Waals surface area contributed by atoms with E-state index < -0.39 is 6.10 Å². The van der Waals surface area contributed by atoms with Crippen LogP contribution in [-0.4, -0.2) is 5.11 Å². The molecule has 0 aliphatic carbocycles. The molecule has 0 amide bonds. The molecule has 2 rings (SSSR count). The molecule has 0 bridgehead atoms. The molecule has 0 fully saturated rings. The minimum absolute atomic E-state index is 0.453. The van der Waals surface area contributed by atoms with Gasteiger partial charge in [0.2, 0.25) is 0 Å². The maximum absolute atomic E-state index is 9.67. The van der Waals surface area contributed by atoms with Crippen molar-refractivity contribution in [2.45, 2.75) is 19.6 Å². The van der Waals surface area contributed by atoms with E-state index in [1.165, 1.54) is 4.88 Å². The number of thiophene rings is 1. The second kappa shape index (κ2) is 5.67. The van der Waals surface area contributed by atoms with E-state index >= 15 is 0 Å². The minimum atomic E-state index is -0.453. The highest BCUT2D eigenvalue weighted by Crippen LogP contribution is 2.26. The lowest BCUT2D eigenvalue weighted by atomic mass is 10.1. The third-order valence-corrected chi connectivity index (χ3v) is 4.47. The monoisotopic (exact) mass is 311 g/mol. The number of hydrogen-bond acceptors (Lipinski definition) is 3. The fraction of sp³-hybridized carbons (Fsp3) is 0.231. The number of nitrogens with one attached hydrogen (secondary N) is 1. The lowest BCUT2D eigenvalue weighted by Crippen LogP contribution is -2.03. The van der Waals surface area contributed by atoms with Gasteiger partial charge in [0.25, 0.3) is 0 Å². The Kier molecular flexibility index (Phi) is 4.20. The highest BCUT2D eigenvalue weighted by atomic mass is 79.9. The van der Waals surface area contributed by atoms with E-state index in [1.807, 2.05) is 30.3 Å². The van der Waals surface area contributed by atoms with Crippen LogP contribution in [-0.2, 0) is 6.54 Å². The molecule has 17 heavy (non-hydrogen) atoms. The Morgan fingerprint density at radius 1 is 1.35 bits per heavy atom. The van der Waals surface area contributed by atoms with Gasteiger partial charge in [-0.15, -0.1) is 11.3 Å². The van der Waals surface area contributed by atoms with E-state index in [0.717, 1.165) is 22.3 Å². The quantitative estimate of drug-likeness (QED) is 0.888. The Hall–Kier alpha value is -0.840. The second-order valence-corrected chi connectivity index (χ2v) is 5.66. The van der Waals surface area contributed by atoms with Gasteiger partial charge in [0.15, 0.2) is 0 Å². The van der Waals surface area contributed by atoms with Crippen LogP contribution in [0, 0.1) is 0 Å². The molecule has 1 unspecified atom stereocenters. The Bertz CT molecular complexity index is 496. The van der Waals surface area contributed by atoms with E-state index in [-0.39, 0.29) is 0 Å². The van der Waals surface area contributed by atoms with Crippen LogP contribution < -0.4 is 5.32 Å². The molecular weight excluding hydrogens is 298 g/mol. The summed E-state index contributed by atoms with van der Waals surface area (Å²) in [6.07, 6.45) is -0.453. The lowest BCUT2D eigenvalue weighted by Gasteiger charge is -2.13. The Labute approximate surface area is 113 Å². The zero-order valence-corrected chi connectivity index (χ0v) is 11.9. The first kappa shape index (κ1) is 12.6. The molecule has 0 aliphatic rings. The van der Waals surface area contributed by atoms with Crippen LogP contribution in [0.5, 0.6) is 0 Å². The molecule has 2 N–H and O–H groups in total. The highest BCUT2D eigenvalue weighted by Gasteiger charge is 2.07. The van der Waals surface area contributed by atoms with E-state index in [9.17, 15) is 5.11 Å². The molecule has 0 spiro atoms. The van der Waals surface area contributed by atoms with Gasteiger partial charge >= 0.3 is 0 Å². The molecule has 4 heteroatoms. The lowest BCUT2D eigenvalue weighted by molar-refractivity contribution is 0.200. The van der Waals surface area contributed by atoms with Crippen LogP contribution in [0.15, 0.2) is 40.2 Å². The van der Waals surface area contributed by atoms with Gasteiger partial charge in [-0.3, -0.25) is 0 Å². The number of halogens is 1. The maximum Gasteiger partial charge on any atom is 0.0781 e. The zero-order valence-electron chi connectivity index (χ0n) is 9.48. The van der Waals surface area contributed by atoms with E-state index in [0.29, 0.717) is 0 Å². The number of benzene rings is 1. The van der Waals surface area contributed by atoms with Gasteiger partial charge in [0.1, 0.15) is 0 Å². The smallest absolute Gasteiger partial charge is 0.0781 e. The molecule has 1 atom stereocenters. The van der Waals surface area contributed by atoms with Crippen molar-refractivity contribution < 1.29 is 5.11 Å². The van der Waals surface area contributed by atoms with Crippen LogP contribution in [0.1, 0.15) is 23.5 Å². The Morgan fingerprint density at radius 2 is 2.12 bits per heavy atom. The summed E-state index contributed by atoms with van der Waals surface area (Å²) in [4.78, 5) is 1.25. The summed E-state index contributed by atoms with van der Waals surface area (Å²) in [6.45, 7) is 2.55. The van der Waals surface area contributed by atoms with Crippen LogP contribution in [0.3, 0.4) is 0 Å². The summed E-state index contributed by atoms with van der Waals surface area (Å²) in [7, 11) is 0. The van der Waals surface area contributed by atoms with Gasteiger partial charge in [0.05, 0.1) is 12.6 Å². The summed E-state index contributed by atoms with van der Waals surface area (Å²) in [6, 6.07) is 9.88. The van der Waals surface area contributed by atoms with Crippen molar-refractivity contribution in [2.24, 2.45) is 0 Å². The third kappa shape index (κ3) is 3.09. The van der Waals surface area contributed by atoms with Crippen molar-refractivity contribution >= 4 is 33.0 Å². The van der Waals surface area contributed by atoms with Crippen molar-refractivity contribution in [3.8, 4) is 0 Å². The van der Waals surface area contributed by atoms with Crippen molar-refractivity contribution in [1.29, 1.82) is 0 Å². The van der Waals surface area contributed by atoms with E-state index in [1.54, 1.807) is 18.3 Å². The first-order chi connectivity index (χ1) is 8.18. The standard InChI is InChI=1S/C13H14BrNOS/c1-9(16)10-4-2-3-5-12(10)15-8-13-11(14)6-7-17-13/h2-7,9,15-16H,8H2,1H3. The topological polar surface area (TPSA) is 32.3 Å². The number of aliphatic hydroxyl groups is 1. The van der Waals surface area contributed by atoms with Crippen molar-refractivity contribution in [3.05, 3.63) is 50.6 Å². The zero-order chi connectivity index (χ0) is 12.3. The van der Waals surface area contributed by atoms with Crippen LogP contribution in [0.4, 0.5) is 5.69 Å². The predicted molar refractivity (Wildman–Crippen MR) is 76.4 cm³/mol. The van der Waals surface area contributed by atoms with Crippen LogP contribution >= 0.6 is 27.3 Å². The molecule has 1 aromatic carbocycles.